The number of hydrogen-bond acceptors (Lipinski definition) is 3. The second-order valence-electron chi connectivity index (χ2n) is 3.57. The van der Waals surface area contributed by atoms with E-state index in [0.717, 1.165) is 18.8 Å². The lowest BCUT2D eigenvalue weighted by molar-refractivity contribution is 0.338. The molecule has 1 aliphatic rings. The van der Waals surface area contributed by atoms with E-state index in [2.05, 4.69) is 10.6 Å². The standard InChI is InChI=1S/C11H15FN2O/c1-2-15-11-5-8(12)3-4-10(11)14-9-6-13-7-9/h3-5,9,13-14H,2,6-7H2,1H3. The van der Waals surface area contributed by atoms with Gasteiger partial charge in [-0.25, -0.2) is 4.39 Å². The first kappa shape index (κ1) is 10.2. The summed E-state index contributed by atoms with van der Waals surface area (Å²) in [6.45, 7) is 4.33. The van der Waals surface area contributed by atoms with Crippen molar-refractivity contribution in [2.75, 3.05) is 25.0 Å². The summed E-state index contributed by atoms with van der Waals surface area (Å²) < 4.78 is 18.3. The monoisotopic (exact) mass is 210 g/mol. The van der Waals surface area contributed by atoms with Crippen molar-refractivity contribution in [2.45, 2.75) is 13.0 Å². The molecule has 0 spiro atoms. The SMILES string of the molecule is CCOc1cc(F)ccc1NC1CNC1. The van der Waals surface area contributed by atoms with Gasteiger partial charge in [-0.15, -0.1) is 0 Å². The Morgan fingerprint density at radius 3 is 2.93 bits per heavy atom. The molecule has 2 rings (SSSR count). The molecule has 0 saturated carbocycles. The van der Waals surface area contributed by atoms with Crippen LogP contribution in [0.1, 0.15) is 6.92 Å². The number of benzene rings is 1. The van der Waals surface area contributed by atoms with E-state index in [1.54, 1.807) is 6.07 Å². The number of nitrogens with one attached hydrogen (secondary N) is 2. The van der Waals surface area contributed by atoms with E-state index in [-0.39, 0.29) is 5.82 Å². The quantitative estimate of drug-likeness (QED) is 0.792. The fraction of sp³-hybridized carbons (Fsp3) is 0.455. The summed E-state index contributed by atoms with van der Waals surface area (Å²) in [6.07, 6.45) is 0. The Hall–Kier alpha value is -1.29. The van der Waals surface area contributed by atoms with Gasteiger partial charge in [-0.3, -0.25) is 0 Å². The molecule has 2 N–H and O–H groups in total. The predicted octanol–water partition coefficient (Wildman–Crippen LogP) is 1.61. The van der Waals surface area contributed by atoms with Gasteiger partial charge in [0.2, 0.25) is 0 Å². The lowest BCUT2D eigenvalue weighted by Crippen LogP contribution is -2.51. The average molecular weight is 210 g/mol. The van der Waals surface area contributed by atoms with Gasteiger partial charge in [0.15, 0.2) is 0 Å². The molecule has 1 aliphatic heterocycles. The van der Waals surface area contributed by atoms with Crippen LogP contribution in [0.4, 0.5) is 10.1 Å². The zero-order valence-corrected chi connectivity index (χ0v) is 8.72. The molecule has 1 aromatic rings. The molecule has 3 nitrogen and oxygen atoms in total. The molecule has 1 heterocycles. The van der Waals surface area contributed by atoms with E-state index in [9.17, 15) is 4.39 Å². The summed E-state index contributed by atoms with van der Waals surface area (Å²) in [5, 5.41) is 6.47. The van der Waals surface area contributed by atoms with Crippen LogP contribution in [-0.4, -0.2) is 25.7 Å². The van der Waals surface area contributed by atoms with Crippen molar-refractivity contribution in [3.05, 3.63) is 24.0 Å². The highest BCUT2D eigenvalue weighted by Crippen LogP contribution is 2.26. The summed E-state index contributed by atoms with van der Waals surface area (Å²) in [6, 6.07) is 5.00. The predicted molar refractivity (Wildman–Crippen MR) is 57.8 cm³/mol. The fourth-order valence-electron chi connectivity index (χ4n) is 1.50. The van der Waals surface area contributed by atoms with Crippen molar-refractivity contribution in [1.82, 2.24) is 5.32 Å². The molecule has 0 bridgehead atoms. The second-order valence-corrected chi connectivity index (χ2v) is 3.57. The van der Waals surface area contributed by atoms with Crippen LogP contribution in [0.5, 0.6) is 5.75 Å². The minimum atomic E-state index is -0.268. The fourth-order valence-corrected chi connectivity index (χ4v) is 1.50. The maximum Gasteiger partial charge on any atom is 0.145 e. The first-order chi connectivity index (χ1) is 7.29. The molecule has 0 amide bonds. The van der Waals surface area contributed by atoms with Gasteiger partial charge in [0, 0.05) is 19.2 Å². The molecule has 1 aromatic carbocycles. The van der Waals surface area contributed by atoms with Gasteiger partial charge >= 0.3 is 0 Å². The van der Waals surface area contributed by atoms with Gasteiger partial charge in [-0.1, -0.05) is 0 Å². The third kappa shape index (κ3) is 2.39. The molecule has 0 atom stereocenters. The molecule has 4 heteroatoms. The molecular formula is C11H15FN2O. The van der Waals surface area contributed by atoms with Crippen molar-refractivity contribution in [2.24, 2.45) is 0 Å². The Balaban J connectivity index is 2.12. The van der Waals surface area contributed by atoms with Crippen LogP contribution >= 0.6 is 0 Å². The molecule has 0 aromatic heterocycles. The second kappa shape index (κ2) is 4.49. The van der Waals surface area contributed by atoms with Gasteiger partial charge in [0.05, 0.1) is 18.3 Å². The van der Waals surface area contributed by atoms with Crippen LogP contribution in [0.2, 0.25) is 0 Å². The highest BCUT2D eigenvalue weighted by molar-refractivity contribution is 5.57. The first-order valence-electron chi connectivity index (χ1n) is 5.19. The maximum absolute atomic E-state index is 13.0. The number of hydrogen-bond donors (Lipinski definition) is 2. The van der Waals surface area contributed by atoms with Crippen LogP contribution < -0.4 is 15.4 Å². The Morgan fingerprint density at radius 2 is 2.33 bits per heavy atom. The lowest BCUT2D eigenvalue weighted by Gasteiger charge is -2.29. The first-order valence-corrected chi connectivity index (χ1v) is 5.19. The number of halogens is 1. The molecule has 1 saturated heterocycles. The Labute approximate surface area is 88.6 Å². The third-order valence-corrected chi connectivity index (χ3v) is 2.38. The summed E-state index contributed by atoms with van der Waals surface area (Å²) in [4.78, 5) is 0. The van der Waals surface area contributed by atoms with E-state index in [1.165, 1.54) is 12.1 Å². The number of anilines is 1. The van der Waals surface area contributed by atoms with E-state index in [4.69, 9.17) is 4.74 Å². The van der Waals surface area contributed by atoms with Crippen LogP contribution in [-0.2, 0) is 0 Å². The van der Waals surface area contributed by atoms with Gasteiger partial charge in [-0.05, 0) is 19.1 Å². The normalized spacial score (nSPS) is 15.9. The minimum Gasteiger partial charge on any atom is -0.492 e. The average Bonchev–Trinajstić information content (AvgIpc) is 2.14. The number of ether oxygens (including phenoxy) is 1. The van der Waals surface area contributed by atoms with E-state index in [0.29, 0.717) is 18.4 Å². The van der Waals surface area contributed by atoms with Crippen molar-refractivity contribution in [3.63, 3.8) is 0 Å². The van der Waals surface area contributed by atoms with Crippen molar-refractivity contribution in [1.29, 1.82) is 0 Å². The number of rotatable bonds is 4. The molecule has 15 heavy (non-hydrogen) atoms. The van der Waals surface area contributed by atoms with E-state index < -0.39 is 0 Å². The van der Waals surface area contributed by atoms with Crippen LogP contribution in [0.15, 0.2) is 18.2 Å². The van der Waals surface area contributed by atoms with Gasteiger partial charge < -0.3 is 15.4 Å². The van der Waals surface area contributed by atoms with Crippen LogP contribution in [0.25, 0.3) is 0 Å². The van der Waals surface area contributed by atoms with Crippen molar-refractivity contribution >= 4 is 5.69 Å². The van der Waals surface area contributed by atoms with E-state index >= 15 is 0 Å². The minimum absolute atomic E-state index is 0.268. The zero-order valence-electron chi connectivity index (χ0n) is 8.72. The highest BCUT2D eigenvalue weighted by Gasteiger charge is 2.17. The van der Waals surface area contributed by atoms with Crippen LogP contribution in [0.3, 0.4) is 0 Å². The van der Waals surface area contributed by atoms with Crippen molar-refractivity contribution < 1.29 is 9.13 Å². The van der Waals surface area contributed by atoms with E-state index in [1.807, 2.05) is 6.92 Å². The van der Waals surface area contributed by atoms with Gasteiger partial charge in [-0.2, -0.15) is 0 Å². The molecule has 0 aliphatic carbocycles. The van der Waals surface area contributed by atoms with Gasteiger partial charge in [0.25, 0.3) is 0 Å². The third-order valence-electron chi connectivity index (χ3n) is 2.38. The Kier molecular flexibility index (Phi) is 3.06. The Morgan fingerprint density at radius 1 is 1.53 bits per heavy atom. The summed E-state index contributed by atoms with van der Waals surface area (Å²) in [5.41, 5.74) is 0.866. The van der Waals surface area contributed by atoms with Crippen LogP contribution in [0, 0.1) is 5.82 Å². The molecule has 1 fully saturated rings. The smallest absolute Gasteiger partial charge is 0.145 e. The summed E-state index contributed by atoms with van der Waals surface area (Å²) in [7, 11) is 0. The van der Waals surface area contributed by atoms with Crippen molar-refractivity contribution in [3.8, 4) is 5.75 Å². The zero-order chi connectivity index (χ0) is 10.7. The van der Waals surface area contributed by atoms with Gasteiger partial charge in [0.1, 0.15) is 11.6 Å². The Bertz CT molecular complexity index is 339. The maximum atomic E-state index is 13.0. The summed E-state index contributed by atoms with van der Waals surface area (Å²) in [5.74, 6) is 0.320. The topological polar surface area (TPSA) is 33.3 Å². The lowest BCUT2D eigenvalue weighted by atomic mass is 10.1. The molecular weight excluding hydrogens is 195 g/mol. The highest BCUT2D eigenvalue weighted by atomic mass is 19.1. The molecule has 0 radical (unpaired) electrons. The molecule has 0 unspecified atom stereocenters. The summed E-state index contributed by atoms with van der Waals surface area (Å²) >= 11 is 0. The largest absolute Gasteiger partial charge is 0.492 e. The molecule has 82 valence electrons.